The van der Waals surface area contributed by atoms with E-state index in [2.05, 4.69) is 110 Å². The molecule has 0 aliphatic carbocycles. The summed E-state index contributed by atoms with van der Waals surface area (Å²) in [7, 11) is 0. The molecule has 0 aliphatic rings. The Balaban J connectivity index is 1.69. The van der Waals surface area contributed by atoms with Crippen molar-refractivity contribution < 1.29 is 4.48 Å². The first-order valence-electron chi connectivity index (χ1n) is 13.4. The van der Waals surface area contributed by atoms with E-state index in [1.54, 1.807) is 0 Å². The molecule has 0 aliphatic heterocycles. The number of hydrogen-bond donors (Lipinski definition) is 0. The molecule has 0 spiro atoms. The van der Waals surface area contributed by atoms with E-state index in [1.165, 1.54) is 74.6 Å². The minimum absolute atomic E-state index is 1.07. The van der Waals surface area contributed by atoms with Crippen LogP contribution in [-0.2, 0) is 19.6 Å². The van der Waals surface area contributed by atoms with Crippen molar-refractivity contribution in [3.05, 3.63) is 120 Å². The van der Waals surface area contributed by atoms with Crippen LogP contribution >= 0.6 is 0 Å². The van der Waals surface area contributed by atoms with Crippen molar-refractivity contribution in [2.45, 2.75) is 77.9 Å². The molecule has 0 saturated heterocycles. The maximum Gasteiger partial charge on any atom is 0.105 e. The van der Waals surface area contributed by atoms with Gasteiger partial charge in [0.05, 0.1) is 6.54 Å². The molecule has 3 aromatic rings. The highest BCUT2D eigenvalue weighted by Gasteiger charge is 2.28. The molecule has 1 heteroatoms. The zero-order valence-electron chi connectivity index (χ0n) is 21.2. The van der Waals surface area contributed by atoms with Crippen LogP contribution in [0.2, 0.25) is 0 Å². The van der Waals surface area contributed by atoms with Gasteiger partial charge in [-0.15, -0.1) is 0 Å². The Hall–Kier alpha value is -2.64. The minimum Gasteiger partial charge on any atom is -0.312 e. The molecule has 0 heterocycles. The second kappa shape index (κ2) is 15.3. The van der Waals surface area contributed by atoms with Crippen molar-refractivity contribution >= 4 is 0 Å². The SMILES string of the molecule is CCCCCC/C=C/CCCC[N+](Cc1ccccc1)(Cc1ccccc1)Cc1ccccc1. The smallest absolute Gasteiger partial charge is 0.105 e. The summed E-state index contributed by atoms with van der Waals surface area (Å²) in [6.07, 6.45) is 15.2. The van der Waals surface area contributed by atoms with Gasteiger partial charge in [-0.1, -0.05) is 129 Å². The van der Waals surface area contributed by atoms with Crippen LogP contribution in [0.15, 0.2) is 103 Å². The van der Waals surface area contributed by atoms with E-state index in [1.807, 2.05) is 0 Å². The first-order chi connectivity index (χ1) is 16.8. The maximum atomic E-state index is 2.42. The summed E-state index contributed by atoms with van der Waals surface area (Å²) in [5.41, 5.74) is 4.30. The summed E-state index contributed by atoms with van der Waals surface area (Å²) < 4.78 is 1.07. The number of hydrogen-bond acceptors (Lipinski definition) is 0. The topological polar surface area (TPSA) is 0 Å². The number of benzene rings is 3. The highest BCUT2D eigenvalue weighted by molar-refractivity contribution is 5.17. The average molecular weight is 455 g/mol. The van der Waals surface area contributed by atoms with Gasteiger partial charge in [0.2, 0.25) is 0 Å². The largest absolute Gasteiger partial charge is 0.312 e. The number of rotatable bonds is 16. The summed E-state index contributed by atoms with van der Waals surface area (Å²) in [5.74, 6) is 0. The first kappa shape index (κ1) is 26.0. The lowest BCUT2D eigenvalue weighted by Crippen LogP contribution is -2.46. The zero-order chi connectivity index (χ0) is 23.7. The Kier molecular flexibility index (Phi) is 11.7. The molecule has 3 rings (SSSR count). The summed E-state index contributed by atoms with van der Waals surface area (Å²) in [6, 6.07) is 33.2. The monoisotopic (exact) mass is 454 g/mol. The van der Waals surface area contributed by atoms with Gasteiger partial charge in [0.15, 0.2) is 0 Å². The molecule has 0 unspecified atom stereocenters. The standard InChI is InChI=1S/C33H44N/c1-2-3-4-5-6-7-8-9-10-20-27-34(28-31-21-14-11-15-22-31,29-32-23-16-12-17-24-32)30-33-25-18-13-19-26-33/h7-8,11-19,21-26H,2-6,9-10,20,27-30H2,1H3/q+1/b8-7+. The third-order valence-electron chi connectivity index (χ3n) is 6.73. The molecule has 0 amide bonds. The maximum absolute atomic E-state index is 2.42. The van der Waals surface area contributed by atoms with Gasteiger partial charge in [0.25, 0.3) is 0 Å². The highest BCUT2D eigenvalue weighted by Crippen LogP contribution is 2.25. The third kappa shape index (κ3) is 9.69. The van der Waals surface area contributed by atoms with E-state index in [9.17, 15) is 0 Å². The van der Waals surface area contributed by atoms with Crippen LogP contribution in [0.25, 0.3) is 0 Å². The summed E-state index contributed by atoms with van der Waals surface area (Å²) in [6.45, 7) is 6.68. The van der Waals surface area contributed by atoms with E-state index >= 15 is 0 Å². The quantitative estimate of drug-likeness (QED) is 0.115. The van der Waals surface area contributed by atoms with Crippen molar-refractivity contribution in [2.75, 3.05) is 6.54 Å². The highest BCUT2D eigenvalue weighted by atomic mass is 15.3. The van der Waals surface area contributed by atoms with Crippen molar-refractivity contribution in [1.29, 1.82) is 0 Å². The second-order valence-electron chi connectivity index (χ2n) is 9.81. The fourth-order valence-electron chi connectivity index (χ4n) is 4.95. The fraction of sp³-hybridized carbons (Fsp3) is 0.394. The lowest BCUT2D eigenvalue weighted by molar-refractivity contribution is -0.966. The molecule has 3 aromatic carbocycles. The molecular formula is C33H44N+. The van der Waals surface area contributed by atoms with Crippen LogP contribution in [0.4, 0.5) is 0 Å². The molecule has 0 N–H and O–H groups in total. The van der Waals surface area contributed by atoms with Crippen molar-refractivity contribution in [3.8, 4) is 0 Å². The van der Waals surface area contributed by atoms with Gasteiger partial charge in [-0.05, 0) is 32.1 Å². The van der Waals surface area contributed by atoms with Gasteiger partial charge in [0.1, 0.15) is 19.6 Å². The van der Waals surface area contributed by atoms with Gasteiger partial charge in [-0.3, -0.25) is 0 Å². The predicted octanol–water partition coefficient (Wildman–Crippen LogP) is 9.10. The Morgan fingerprint density at radius 2 is 0.912 bits per heavy atom. The van der Waals surface area contributed by atoms with Crippen LogP contribution in [0.1, 0.15) is 75.0 Å². The number of quaternary nitrogens is 1. The van der Waals surface area contributed by atoms with Gasteiger partial charge in [-0.2, -0.15) is 0 Å². The number of nitrogens with zero attached hydrogens (tertiary/aromatic N) is 1. The molecule has 0 fully saturated rings. The van der Waals surface area contributed by atoms with Crippen LogP contribution in [0.5, 0.6) is 0 Å². The van der Waals surface area contributed by atoms with E-state index < -0.39 is 0 Å². The molecule has 0 atom stereocenters. The summed E-state index contributed by atoms with van der Waals surface area (Å²) in [4.78, 5) is 0. The van der Waals surface area contributed by atoms with Gasteiger partial charge >= 0.3 is 0 Å². The summed E-state index contributed by atoms with van der Waals surface area (Å²) >= 11 is 0. The predicted molar refractivity (Wildman–Crippen MR) is 147 cm³/mol. The van der Waals surface area contributed by atoms with Crippen LogP contribution < -0.4 is 0 Å². The van der Waals surface area contributed by atoms with E-state index in [0.29, 0.717) is 0 Å². The van der Waals surface area contributed by atoms with Crippen molar-refractivity contribution in [2.24, 2.45) is 0 Å². The van der Waals surface area contributed by atoms with E-state index in [4.69, 9.17) is 0 Å². The molecule has 0 aromatic heterocycles. The molecule has 180 valence electrons. The second-order valence-corrected chi connectivity index (χ2v) is 9.81. The Labute approximate surface area is 208 Å². The molecule has 0 radical (unpaired) electrons. The molecule has 1 nitrogen and oxygen atoms in total. The average Bonchev–Trinajstić information content (AvgIpc) is 2.87. The van der Waals surface area contributed by atoms with Crippen LogP contribution in [-0.4, -0.2) is 11.0 Å². The Bertz CT molecular complexity index is 813. The Morgan fingerprint density at radius 1 is 0.500 bits per heavy atom. The zero-order valence-corrected chi connectivity index (χ0v) is 21.2. The number of allylic oxidation sites excluding steroid dienone is 2. The van der Waals surface area contributed by atoms with Gasteiger partial charge < -0.3 is 4.48 Å². The Morgan fingerprint density at radius 3 is 1.32 bits per heavy atom. The lowest BCUT2D eigenvalue weighted by atomic mass is 10.1. The van der Waals surface area contributed by atoms with Gasteiger partial charge in [-0.25, -0.2) is 0 Å². The molecule has 34 heavy (non-hydrogen) atoms. The third-order valence-corrected chi connectivity index (χ3v) is 6.73. The van der Waals surface area contributed by atoms with E-state index in [0.717, 1.165) is 24.1 Å². The van der Waals surface area contributed by atoms with Crippen LogP contribution in [0.3, 0.4) is 0 Å². The molecule has 0 bridgehead atoms. The van der Waals surface area contributed by atoms with Crippen molar-refractivity contribution in [1.82, 2.24) is 0 Å². The summed E-state index contributed by atoms with van der Waals surface area (Å²) in [5, 5.41) is 0. The minimum atomic E-state index is 1.07. The molecular weight excluding hydrogens is 410 g/mol. The lowest BCUT2D eigenvalue weighted by Gasteiger charge is -2.39. The molecule has 0 saturated carbocycles. The van der Waals surface area contributed by atoms with Crippen molar-refractivity contribution in [3.63, 3.8) is 0 Å². The van der Waals surface area contributed by atoms with E-state index in [-0.39, 0.29) is 0 Å². The first-order valence-corrected chi connectivity index (χ1v) is 13.4. The van der Waals surface area contributed by atoms with Crippen LogP contribution in [0, 0.1) is 0 Å². The normalized spacial score (nSPS) is 11.8. The van der Waals surface area contributed by atoms with Gasteiger partial charge in [0, 0.05) is 16.7 Å². The fourth-order valence-corrected chi connectivity index (χ4v) is 4.95. The number of unbranched alkanes of at least 4 members (excludes halogenated alkanes) is 6.